The first-order valence-electron chi connectivity index (χ1n) is 13.8. The molecule has 192 valence electrons. The molecule has 0 amide bonds. The lowest BCUT2D eigenvalue weighted by Crippen LogP contribution is -2.62. The van der Waals surface area contributed by atoms with Crippen LogP contribution in [0.3, 0.4) is 0 Å². The van der Waals surface area contributed by atoms with E-state index in [1.165, 1.54) is 0 Å². The largest absolute Gasteiger partial charge is 0.458 e. The van der Waals surface area contributed by atoms with Crippen LogP contribution in [0, 0.1) is 34.5 Å². The molecule has 0 aromatic rings. The van der Waals surface area contributed by atoms with E-state index in [1.807, 2.05) is 0 Å². The summed E-state index contributed by atoms with van der Waals surface area (Å²) in [5, 5.41) is 12.4. The van der Waals surface area contributed by atoms with Crippen molar-refractivity contribution < 1.29 is 28.9 Å². The van der Waals surface area contributed by atoms with Gasteiger partial charge in [0.2, 0.25) is 0 Å². The van der Waals surface area contributed by atoms with Crippen LogP contribution in [0.15, 0.2) is 23.8 Å². The number of ketones is 1. The van der Waals surface area contributed by atoms with Crippen molar-refractivity contribution in [2.75, 3.05) is 6.61 Å². The molecule has 10 atom stereocenters. The zero-order valence-electron chi connectivity index (χ0n) is 21.3. The molecule has 0 bridgehead atoms. The van der Waals surface area contributed by atoms with Gasteiger partial charge in [0.1, 0.15) is 12.7 Å². The summed E-state index contributed by atoms with van der Waals surface area (Å²) in [7, 11) is 0. The van der Waals surface area contributed by atoms with Crippen LogP contribution >= 0.6 is 0 Å². The molecule has 0 aromatic heterocycles. The Balaban J connectivity index is 1.17. The lowest BCUT2D eigenvalue weighted by atomic mass is 9.43. The molecule has 0 aromatic carbocycles. The second-order valence-electron chi connectivity index (χ2n) is 12.7. The van der Waals surface area contributed by atoms with Gasteiger partial charge >= 0.3 is 5.97 Å². The van der Waals surface area contributed by atoms with E-state index >= 15 is 0 Å². The van der Waals surface area contributed by atoms with Crippen molar-refractivity contribution in [1.29, 1.82) is 0 Å². The van der Waals surface area contributed by atoms with E-state index in [0.717, 1.165) is 63.4 Å². The van der Waals surface area contributed by atoms with Crippen molar-refractivity contribution >= 4 is 11.8 Å². The molecule has 4 saturated carbocycles. The van der Waals surface area contributed by atoms with Crippen molar-refractivity contribution in [3.05, 3.63) is 23.8 Å². The number of esters is 1. The van der Waals surface area contributed by atoms with Crippen molar-refractivity contribution in [2.45, 2.75) is 103 Å². The number of hydrogen-bond donors (Lipinski definition) is 1. The van der Waals surface area contributed by atoms with Crippen LogP contribution in [0.25, 0.3) is 0 Å². The summed E-state index contributed by atoms with van der Waals surface area (Å²) in [6, 6.07) is 0. The minimum atomic E-state index is -0.669. The first kappa shape index (κ1) is 23.9. The molecule has 1 N–H and O–H groups in total. The second kappa shape index (κ2) is 8.26. The molecular weight excluding hydrogens is 444 g/mol. The Kier molecular flexibility index (Phi) is 5.63. The summed E-state index contributed by atoms with van der Waals surface area (Å²) in [5.41, 5.74) is 0.462. The topological polar surface area (TPSA) is 82.1 Å². The van der Waals surface area contributed by atoms with E-state index in [0.29, 0.717) is 24.4 Å². The SMILES string of the molecule is C[C@@H]1O[C@H](O[C@H]2CCC3(C)C4CCC5(C)[C@@H](C6=CC(=O)OC6)CC[C@]5(O)[C@@H]4CC[C@H]3C2)C=CC1=O. The minimum Gasteiger partial charge on any atom is -0.458 e. The standard InChI is InChI=1S/C29H40O6/c1-17-24(30)6-7-26(34-17)35-20-8-11-27(2)19(15-20)4-5-23-22(27)9-12-28(3)21(10-13-29(23,28)32)18-14-25(31)33-16-18/h6-7,14,17,19-23,26,32H,4-5,8-13,15-16H2,1-3H3/t17-,19-,20-,21+,22?,23+,26+,27?,28?,29-/m0/s1. The number of carbonyl (C=O) groups excluding carboxylic acids is 2. The van der Waals surface area contributed by atoms with Crippen LogP contribution in [0.4, 0.5) is 0 Å². The van der Waals surface area contributed by atoms with Gasteiger partial charge in [-0.3, -0.25) is 4.79 Å². The number of ether oxygens (including phenoxy) is 3. The number of rotatable bonds is 3. The van der Waals surface area contributed by atoms with Crippen LogP contribution in [0.5, 0.6) is 0 Å². The van der Waals surface area contributed by atoms with Crippen LogP contribution in [-0.4, -0.2) is 47.6 Å². The second-order valence-corrected chi connectivity index (χ2v) is 12.7. The van der Waals surface area contributed by atoms with Crippen molar-refractivity contribution in [3.8, 4) is 0 Å². The van der Waals surface area contributed by atoms with E-state index in [1.54, 1.807) is 25.2 Å². The summed E-state index contributed by atoms with van der Waals surface area (Å²) in [4.78, 5) is 23.5. The quantitative estimate of drug-likeness (QED) is 0.594. The normalized spacial score (nSPS) is 51.3. The Morgan fingerprint density at radius 2 is 1.86 bits per heavy atom. The van der Waals surface area contributed by atoms with Crippen molar-refractivity contribution in [2.24, 2.45) is 34.5 Å². The van der Waals surface area contributed by atoms with Gasteiger partial charge < -0.3 is 19.3 Å². The highest BCUT2D eigenvalue weighted by Crippen LogP contribution is 2.70. The third-order valence-electron chi connectivity index (χ3n) is 11.4. The number of carbonyl (C=O) groups is 2. The van der Waals surface area contributed by atoms with Gasteiger partial charge in [-0.05, 0) is 112 Å². The molecule has 0 spiro atoms. The Bertz CT molecular complexity index is 970. The van der Waals surface area contributed by atoms with E-state index in [9.17, 15) is 14.7 Å². The predicted molar refractivity (Wildman–Crippen MR) is 129 cm³/mol. The molecule has 4 fully saturated rings. The maximum absolute atomic E-state index is 12.4. The molecular formula is C29H40O6. The lowest BCUT2D eigenvalue weighted by molar-refractivity contribution is -0.222. The van der Waals surface area contributed by atoms with Gasteiger partial charge in [0, 0.05) is 11.5 Å². The summed E-state index contributed by atoms with van der Waals surface area (Å²) in [6.07, 6.45) is 13.6. The van der Waals surface area contributed by atoms with Crippen LogP contribution in [0.1, 0.15) is 78.6 Å². The van der Waals surface area contributed by atoms with E-state index in [-0.39, 0.29) is 34.6 Å². The lowest BCUT2D eigenvalue weighted by Gasteiger charge is -2.63. The molecule has 6 nitrogen and oxygen atoms in total. The van der Waals surface area contributed by atoms with Gasteiger partial charge in [-0.2, -0.15) is 0 Å². The minimum absolute atomic E-state index is 0.000813. The number of fused-ring (bicyclic) bond motifs is 5. The van der Waals surface area contributed by atoms with Gasteiger partial charge in [0.05, 0.1) is 11.7 Å². The molecule has 2 aliphatic heterocycles. The highest BCUT2D eigenvalue weighted by Gasteiger charge is 2.67. The predicted octanol–water partition coefficient (Wildman–Crippen LogP) is 4.50. The maximum Gasteiger partial charge on any atom is 0.331 e. The Labute approximate surface area is 208 Å². The first-order valence-corrected chi connectivity index (χ1v) is 13.8. The van der Waals surface area contributed by atoms with E-state index in [4.69, 9.17) is 14.2 Å². The summed E-state index contributed by atoms with van der Waals surface area (Å²) < 4.78 is 17.3. The monoisotopic (exact) mass is 484 g/mol. The molecule has 3 unspecified atom stereocenters. The molecule has 4 aliphatic carbocycles. The maximum atomic E-state index is 12.4. The van der Waals surface area contributed by atoms with Gasteiger partial charge in [-0.1, -0.05) is 13.8 Å². The highest BCUT2D eigenvalue weighted by molar-refractivity contribution is 5.93. The average Bonchev–Trinajstić information content (AvgIpc) is 3.36. The van der Waals surface area contributed by atoms with Gasteiger partial charge in [0.15, 0.2) is 12.1 Å². The smallest absolute Gasteiger partial charge is 0.331 e. The van der Waals surface area contributed by atoms with E-state index in [2.05, 4.69) is 13.8 Å². The number of aliphatic hydroxyl groups is 1. The zero-order chi connectivity index (χ0) is 24.6. The molecule has 6 aliphatic rings. The van der Waals surface area contributed by atoms with Crippen LogP contribution < -0.4 is 0 Å². The van der Waals surface area contributed by atoms with Gasteiger partial charge in [0.25, 0.3) is 0 Å². The number of cyclic esters (lactones) is 1. The van der Waals surface area contributed by atoms with Crippen LogP contribution in [-0.2, 0) is 23.8 Å². The summed E-state index contributed by atoms with van der Waals surface area (Å²) in [6.45, 7) is 6.95. The highest BCUT2D eigenvalue weighted by atomic mass is 16.7. The fraction of sp³-hybridized carbons (Fsp3) is 0.793. The molecule has 0 radical (unpaired) electrons. The summed E-state index contributed by atoms with van der Waals surface area (Å²) in [5.74, 6) is 1.45. The zero-order valence-corrected chi connectivity index (χ0v) is 21.3. The third kappa shape index (κ3) is 3.53. The fourth-order valence-electron chi connectivity index (χ4n) is 9.38. The fourth-order valence-corrected chi connectivity index (χ4v) is 9.38. The molecule has 0 saturated heterocycles. The van der Waals surface area contributed by atoms with Gasteiger partial charge in [-0.15, -0.1) is 0 Å². The van der Waals surface area contributed by atoms with Crippen molar-refractivity contribution in [3.63, 3.8) is 0 Å². The van der Waals surface area contributed by atoms with E-state index < -0.39 is 18.0 Å². The van der Waals surface area contributed by atoms with Crippen LogP contribution in [0.2, 0.25) is 0 Å². The molecule has 35 heavy (non-hydrogen) atoms. The molecule has 6 rings (SSSR count). The average molecular weight is 485 g/mol. The number of hydrogen-bond acceptors (Lipinski definition) is 6. The molecule has 6 heteroatoms. The van der Waals surface area contributed by atoms with Gasteiger partial charge in [-0.25, -0.2) is 4.79 Å². The first-order chi connectivity index (χ1) is 16.6. The van der Waals surface area contributed by atoms with Crippen molar-refractivity contribution in [1.82, 2.24) is 0 Å². The third-order valence-corrected chi connectivity index (χ3v) is 11.4. The summed E-state index contributed by atoms with van der Waals surface area (Å²) >= 11 is 0. The Morgan fingerprint density at radius 1 is 1.03 bits per heavy atom. The Hall–Kier alpha value is -1.50. The molecule has 2 heterocycles. The Morgan fingerprint density at radius 3 is 2.60 bits per heavy atom.